The molecule has 3 rings (SSSR count). The molecule has 3 aromatic rings. The second-order valence-corrected chi connectivity index (χ2v) is 7.84. The van der Waals surface area contributed by atoms with Crippen molar-refractivity contribution < 1.29 is 14.3 Å². The number of carbonyl (C=O) groups excluding carboxylic acids is 2. The Labute approximate surface area is 164 Å². The van der Waals surface area contributed by atoms with Gasteiger partial charge in [0.2, 0.25) is 0 Å². The van der Waals surface area contributed by atoms with Gasteiger partial charge in [0, 0.05) is 6.92 Å². The summed E-state index contributed by atoms with van der Waals surface area (Å²) < 4.78 is 6.94. The summed E-state index contributed by atoms with van der Waals surface area (Å²) in [7, 11) is 0. The van der Waals surface area contributed by atoms with E-state index in [4.69, 9.17) is 4.74 Å². The van der Waals surface area contributed by atoms with Crippen LogP contribution in [0, 0.1) is 0 Å². The van der Waals surface area contributed by atoms with Crippen LogP contribution in [-0.4, -0.2) is 28.3 Å². The molecule has 138 valence electrons. The summed E-state index contributed by atoms with van der Waals surface area (Å²) in [5, 5.41) is 4.12. The Kier molecular flexibility index (Phi) is 6.20. The zero-order valence-corrected chi connectivity index (χ0v) is 16.4. The van der Waals surface area contributed by atoms with Gasteiger partial charge in [-0.2, -0.15) is 5.10 Å². The Morgan fingerprint density at radius 3 is 2.59 bits per heavy atom. The average Bonchev–Trinajstić information content (AvgIpc) is 3.07. The third-order valence-corrected chi connectivity index (χ3v) is 5.66. The molecule has 0 bridgehead atoms. The number of fused-ring (bicyclic) bond motifs is 1. The number of ether oxygens (including phenoxy) is 1. The fourth-order valence-electron chi connectivity index (χ4n) is 2.21. The van der Waals surface area contributed by atoms with Gasteiger partial charge in [-0.25, -0.2) is 10.4 Å². The third-order valence-electron chi connectivity index (χ3n) is 3.48. The molecule has 0 atom stereocenters. The van der Waals surface area contributed by atoms with E-state index in [0.29, 0.717) is 11.5 Å². The Hall–Kier alpha value is -2.71. The molecule has 27 heavy (non-hydrogen) atoms. The number of carbonyl (C=O) groups is 2. The topological polar surface area (TPSA) is 80.6 Å². The van der Waals surface area contributed by atoms with Crippen LogP contribution in [0.3, 0.4) is 0 Å². The lowest BCUT2D eigenvalue weighted by Gasteiger charge is -2.04. The number of thioether (sulfide) groups is 1. The molecular weight excluding hydrogens is 382 g/mol. The smallest absolute Gasteiger partial charge is 0.308 e. The molecule has 0 saturated heterocycles. The van der Waals surface area contributed by atoms with E-state index >= 15 is 0 Å². The fraction of sp³-hybridized carbons (Fsp3) is 0.158. The van der Waals surface area contributed by atoms with Crippen molar-refractivity contribution in [2.75, 3.05) is 5.75 Å². The Balaban J connectivity index is 1.53. The number of rotatable bonds is 6. The molecule has 6 nitrogen and oxygen atoms in total. The normalized spacial score (nSPS) is 11.4. The Bertz CT molecular complexity index is 964. The standard InChI is InChI=1S/C19H17N3O3S2/c1-12(14-7-9-15(10-8-14)25-13(2)23)21-22-18(24)11-26-19-20-16-5-3-4-6-17(16)27-19/h3-10H,11H2,1-2H3,(H,22,24). The number of nitrogens with zero attached hydrogens (tertiary/aromatic N) is 2. The minimum Gasteiger partial charge on any atom is -0.427 e. The van der Waals surface area contributed by atoms with Gasteiger partial charge in [-0.3, -0.25) is 9.59 Å². The van der Waals surface area contributed by atoms with Crippen LogP contribution >= 0.6 is 23.1 Å². The van der Waals surface area contributed by atoms with E-state index in [9.17, 15) is 9.59 Å². The molecule has 0 aliphatic rings. The fourth-order valence-corrected chi connectivity index (χ4v) is 4.07. The van der Waals surface area contributed by atoms with Gasteiger partial charge in [-0.05, 0) is 48.9 Å². The first kappa shape index (κ1) is 19.1. The number of hydrogen-bond donors (Lipinski definition) is 1. The largest absolute Gasteiger partial charge is 0.427 e. The van der Waals surface area contributed by atoms with Crippen molar-refractivity contribution in [2.24, 2.45) is 5.10 Å². The first-order valence-corrected chi connectivity index (χ1v) is 9.92. The summed E-state index contributed by atoms with van der Waals surface area (Å²) >= 11 is 2.95. The van der Waals surface area contributed by atoms with E-state index in [2.05, 4.69) is 15.5 Å². The van der Waals surface area contributed by atoms with Crippen LogP contribution in [0.15, 0.2) is 58.0 Å². The summed E-state index contributed by atoms with van der Waals surface area (Å²) in [5.41, 5.74) is 4.97. The summed E-state index contributed by atoms with van der Waals surface area (Å²) in [6.07, 6.45) is 0. The number of esters is 1. The zero-order chi connectivity index (χ0) is 19.2. The monoisotopic (exact) mass is 399 g/mol. The second kappa shape index (κ2) is 8.79. The number of hydrogen-bond acceptors (Lipinski definition) is 7. The van der Waals surface area contributed by atoms with Gasteiger partial charge < -0.3 is 4.74 Å². The highest BCUT2D eigenvalue weighted by Crippen LogP contribution is 2.29. The number of hydrazone groups is 1. The van der Waals surface area contributed by atoms with Gasteiger partial charge in [0.1, 0.15) is 5.75 Å². The zero-order valence-electron chi connectivity index (χ0n) is 14.8. The third kappa shape index (κ3) is 5.38. The molecule has 1 heterocycles. The van der Waals surface area contributed by atoms with Gasteiger partial charge >= 0.3 is 5.97 Å². The van der Waals surface area contributed by atoms with E-state index in [1.54, 1.807) is 42.5 Å². The van der Waals surface area contributed by atoms with E-state index in [-0.39, 0.29) is 17.6 Å². The van der Waals surface area contributed by atoms with E-state index < -0.39 is 0 Å². The molecular formula is C19H17N3O3S2. The summed E-state index contributed by atoms with van der Waals surface area (Å²) in [5.74, 6) is 0.138. The molecule has 0 saturated carbocycles. The number of nitrogens with one attached hydrogen (secondary N) is 1. The van der Waals surface area contributed by atoms with Crippen molar-refractivity contribution in [1.29, 1.82) is 0 Å². The highest BCUT2D eigenvalue weighted by Gasteiger charge is 2.07. The maximum absolute atomic E-state index is 12.0. The number of benzene rings is 2. The van der Waals surface area contributed by atoms with E-state index in [1.807, 2.05) is 24.3 Å². The maximum atomic E-state index is 12.0. The van der Waals surface area contributed by atoms with Crippen LogP contribution in [0.1, 0.15) is 19.4 Å². The lowest BCUT2D eigenvalue weighted by molar-refractivity contribution is -0.131. The molecule has 2 aromatic carbocycles. The van der Waals surface area contributed by atoms with Gasteiger partial charge in [-0.15, -0.1) is 11.3 Å². The molecule has 0 unspecified atom stereocenters. The van der Waals surface area contributed by atoms with Crippen LogP contribution in [0.25, 0.3) is 10.2 Å². The molecule has 1 N–H and O–H groups in total. The molecule has 0 radical (unpaired) electrons. The van der Waals surface area contributed by atoms with Crippen molar-refractivity contribution in [3.8, 4) is 5.75 Å². The van der Waals surface area contributed by atoms with Crippen molar-refractivity contribution in [3.63, 3.8) is 0 Å². The summed E-state index contributed by atoms with van der Waals surface area (Å²) in [6, 6.07) is 14.8. The number of amides is 1. The number of para-hydroxylation sites is 1. The van der Waals surface area contributed by atoms with Crippen LogP contribution in [0.4, 0.5) is 0 Å². The van der Waals surface area contributed by atoms with Crippen molar-refractivity contribution >= 4 is 50.9 Å². The van der Waals surface area contributed by atoms with Gasteiger partial charge in [0.15, 0.2) is 4.34 Å². The average molecular weight is 399 g/mol. The quantitative estimate of drug-likeness (QED) is 0.224. The molecule has 0 aliphatic carbocycles. The van der Waals surface area contributed by atoms with Crippen LogP contribution in [0.2, 0.25) is 0 Å². The first-order chi connectivity index (χ1) is 13.0. The highest BCUT2D eigenvalue weighted by atomic mass is 32.2. The molecule has 0 spiro atoms. The molecule has 8 heteroatoms. The minimum absolute atomic E-state index is 0.199. The maximum Gasteiger partial charge on any atom is 0.308 e. The van der Waals surface area contributed by atoms with Crippen molar-refractivity contribution in [3.05, 3.63) is 54.1 Å². The highest BCUT2D eigenvalue weighted by molar-refractivity contribution is 8.01. The predicted molar refractivity (Wildman–Crippen MR) is 108 cm³/mol. The Morgan fingerprint density at radius 2 is 1.89 bits per heavy atom. The Morgan fingerprint density at radius 1 is 1.15 bits per heavy atom. The first-order valence-electron chi connectivity index (χ1n) is 8.11. The number of aromatic nitrogens is 1. The van der Waals surface area contributed by atoms with Crippen LogP contribution in [-0.2, 0) is 9.59 Å². The lowest BCUT2D eigenvalue weighted by atomic mass is 10.1. The second-order valence-electron chi connectivity index (χ2n) is 5.59. The molecule has 1 aromatic heterocycles. The predicted octanol–water partition coefficient (Wildman–Crippen LogP) is 3.85. The number of thiazole rings is 1. The SMILES string of the molecule is CC(=O)Oc1ccc(C(C)=NNC(=O)CSc2nc3ccccc3s2)cc1. The molecule has 0 aliphatic heterocycles. The van der Waals surface area contributed by atoms with Gasteiger partial charge in [0.25, 0.3) is 5.91 Å². The summed E-state index contributed by atoms with van der Waals surface area (Å²) in [4.78, 5) is 27.4. The van der Waals surface area contributed by atoms with Gasteiger partial charge in [0.05, 0.1) is 21.7 Å². The van der Waals surface area contributed by atoms with Crippen LogP contribution < -0.4 is 10.2 Å². The van der Waals surface area contributed by atoms with Crippen molar-refractivity contribution in [2.45, 2.75) is 18.2 Å². The molecule has 1 amide bonds. The summed E-state index contributed by atoms with van der Waals surface area (Å²) in [6.45, 7) is 3.14. The van der Waals surface area contributed by atoms with Crippen molar-refractivity contribution in [1.82, 2.24) is 10.4 Å². The minimum atomic E-state index is -0.369. The van der Waals surface area contributed by atoms with E-state index in [1.165, 1.54) is 18.7 Å². The van der Waals surface area contributed by atoms with Gasteiger partial charge in [-0.1, -0.05) is 23.9 Å². The van der Waals surface area contributed by atoms with Crippen LogP contribution in [0.5, 0.6) is 5.75 Å². The molecule has 0 fully saturated rings. The lowest BCUT2D eigenvalue weighted by Crippen LogP contribution is -2.21. The van der Waals surface area contributed by atoms with E-state index in [0.717, 1.165) is 20.1 Å².